The summed E-state index contributed by atoms with van der Waals surface area (Å²) < 4.78 is 11.9. The van der Waals surface area contributed by atoms with E-state index in [1.807, 2.05) is 54.6 Å². The zero-order valence-corrected chi connectivity index (χ0v) is 18.6. The highest BCUT2D eigenvalue weighted by molar-refractivity contribution is 5.99. The lowest BCUT2D eigenvalue weighted by atomic mass is 10.1. The van der Waals surface area contributed by atoms with Crippen LogP contribution in [-0.2, 0) is 4.79 Å². The second kappa shape index (κ2) is 9.15. The second-order valence-electron chi connectivity index (χ2n) is 8.16. The fraction of sp³-hybridized carbons (Fsp3) is 0.111. The Kier molecular flexibility index (Phi) is 5.73. The monoisotopic (exact) mass is 463 g/mol. The lowest BCUT2D eigenvalue weighted by Crippen LogP contribution is -2.22. The molecule has 0 unspecified atom stereocenters. The van der Waals surface area contributed by atoms with Crippen molar-refractivity contribution in [2.45, 2.75) is 12.8 Å². The number of nitrogens with one attached hydrogen (secondary N) is 1. The minimum absolute atomic E-state index is 0.265. The van der Waals surface area contributed by atoms with Gasteiger partial charge in [0.05, 0.1) is 11.6 Å². The number of hydrogen-bond acceptors (Lipinski definition) is 7. The molecule has 1 aliphatic carbocycles. The first-order valence-electron chi connectivity index (χ1n) is 11.0. The predicted molar refractivity (Wildman–Crippen MR) is 131 cm³/mol. The first kappa shape index (κ1) is 21.9. The molecule has 1 aliphatic rings. The number of nitrogens with zero attached hydrogens (tertiary/aromatic N) is 3. The van der Waals surface area contributed by atoms with Gasteiger partial charge in [-0.3, -0.25) is 4.79 Å². The summed E-state index contributed by atoms with van der Waals surface area (Å²) in [6, 6.07) is 25.9. The van der Waals surface area contributed by atoms with Crippen LogP contribution in [-0.4, -0.2) is 15.9 Å². The van der Waals surface area contributed by atoms with E-state index in [0.717, 1.165) is 11.3 Å². The molecule has 0 radical (unpaired) electrons. The molecule has 1 heterocycles. The normalized spacial score (nSPS) is 13.3. The Labute approximate surface area is 202 Å². The van der Waals surface area contributed by atoms with Crippen LogP contribution in [0.1, 0.15) is 12.8 Å². The number of para-hydroxylation sites is 1. The third-order valence-electron chi connectivity index (χ3n) is 5.67. The van der Waals surface area contributed by atoms with Crippen LogP contribution in [0.5, 0.6) is 23.1 Å². The van der Waals surface area contributed by atoms with E-state index < -0.39 is 5.41 Å². The Morgan fingerprint density at radius 2 is 1.63 bits per heavy atom. The van der Waals surface area contributed by atoms with Gasteiger partial charge in [0.25, 0.3) is 0 Å². The highest BCUT2D eigenvalue weighted by Crippen LogP contribution is 2.46. The topological polar surface area (TPSA) is 123 Å². The Morgan fingerprint density at radius 3 is 2.34 bits per heavy atom. The van der Waals surface area contributed by atoms with Crippen LogP contribution in [0.3, 0.4) is 0 Å². The summed E-state index contributed by atoms with van der Waals surface area (Å²) >= 11 is 0. The molecule has 5 rings (SSSR count). The number of amides is 1. The third kappa shape index (κ3) is 4.75. The number of ether oxygens (including phenoxy) is 2. The van der Waals surface area contributed by atoms with Crippen molar-refractivity contribution in [1.29, 1.82) is 5.26 Å². The van der Waals surface area contributed by atoms with Crippen molar-refractivity contribution in [2.75, 3.05) is 11.1 Å². The lowest BCUT2D eigenvalue weighted by Gasteiger charge is -2.14. The molecule has 8 heteroatoms. The van der Waals surface area contributed by atoms with Gasteiger partial charge >= 0.3 is 0 Å². The summed E-state index contributed by atoms with van der Waals surface area (Å²) in [4.78, 5) is 20.8. The fourth-order valence-corrected chi connectivity index (χ4v) is 3.56. The molecular weight excluding hydrogens is 442 g/mol. The first-order valence-corrected chi connectivity index (χ1v) is 11.0. The maximum Gasteiger partial charge on any atom is 0.244 e. The van der Waals surface area contributed by atoms with Crippen LogP contribution in [0.2, 0.25) is 0 Å². The molecule has 0 atom stereocenters. The number of rotatable bonds is 7. The minimum atomic E-state index is -0.915. The van der Waals surface area contributed by atoms with Gasteiger partial charge in [-0.1, -0.05) is 36.4 Å². The number of nitrogens with two attached hydrogens (primary N) is 1. The van der Waals surface area contributed by atoms with Gasteiger partial charge in [-0.2, -0.15) is 5.26 Å². The van der Waals surface area contributed by atoms with E-state index >= 15 is 0 Å². The predicted octanol–water partition coefficient (Wildman–Crippen LogP) is 5.55. The Bertz CT molecular complexity index is 1410. The summed E-state index contributed by atoms with van der Waals surface area (Å²) in [6.07, 6.45) is 2.48. The summed E-state index contributed by atoms with van der Waals surface area (Å²) in [5.41, 5.74) is 7.09. The van der Waals surface area contributed by atoms with Crippen molar-refractivity contribution in [3.05, 3.63) is 85.2 Å². The van der Waals surface area contributed by atoms with E-state index in [-0.39, 0.29) is 17.6 Å². The van der Waals surface area contributed by atoms with E-state index in [4.69, 9.17) is 15.2 Å². The quantitative estimate of drug-likeness (QED) is 0.368. The van der Waals surface area contributed by atoms with Crippen LogP contribution in [0, 0.1) is 16.7 Å². The van der Waals surface area contributed by atoms with Gasteiger partial charge in [-0.05, 0) is 54.8 Å². The van der Waals surface area contributed by atoms with Gasteiger partial charge in [0.2, 0.25) is 11.8 Å². The molecule has 1 aromatic heterocycles. The van der Waals surface area contributed by atoms with Gasteiger partial charge < -0.3 is 20.5 Å². The molecule has 1 amide bonds. The third-order valence-corrected chi connectivity index (χ3v) is 5.67. The highest BCUT2D eigenvalue weighted by atomic mass is 16.5. The van der Waals surface area contributed by atoms with Gasteiger partial charge in [-0.15, -0.1) is 0 Å². The van der Waals surface area contributed by atoms with Gasteiger partial charge in [0.15, 0.2) is 0 Å². The molecule has 1 fully saturated rings. The molecule has 4 aromatic rings. The molecular formula is C27H21N5O3. The van der Waals surface area contributed by atoms with Crippen molar-refractivity contribution in [2.24, 2.45) is 5.41 Å². The molecule has 0 spiro atoms. The summed E-state index contributed by atoms with van der Waals surface area (Å²) in [5, 5.41) is 12.0. The average molecular weight is 463 g/mol. The number of nitriles is 1. The average Bonchev–Trinajstić information content (AvgIpc) is 3.68. The number of carbonyl (C=O) groups excluding carboxylic acids is 1. The number of nitrogen functional groups attached to an aromatic ring is 1. The first-order chi connectivity index (χ1) is 17.1. The van der Waals surface area contributed by atoms with Gasteiger partial charge in [-0.25, -0.2) is 9.97 Å². The van der Waals surface area contributed by atoms with Crippen molar-refractivity contribution in [3.8, 4) is 40.3 Å². The smallest absolute Gasteiger partial charge is 0.244 e. The van der Waals surface area contributed by atoms with Crippen molar-refractivity contribution in [3.63, 3.8) is 0 Å². The van der Waals surface area contributed by atoms with E-state index in [1.165, 1.54) is 6.33 Å². The molecule has 1 saturated carbocycles. The minimum Gasteiger partial charge on any atom is -0.457 e. The van der Waals surface area contributed by atoms with Gasteiger partial charge in [0, 0.05) is 11.8 Å². The number of benzene rings is 3. The SMILES string of the molecule is N#CC1(C(=O)Nc2cccc(Oc3ncnc(N)c3-c3ccc(Oc4ccccc4)cc3)c2)CC1. The highest BCUT2D eigenvalue weighted by Gasteiger charge is 2.50. The summed E-state index contributed by atoms with van der Waals surface area (Å²) in [6.45, 7) is 0. The fourth-order valence-electron chi connectivity index (χ4n) is 3.56. The zero-order chi connectivity index (χ0) is 24.3. The van der Waals surface area contributed by atoms with E-state index in [9.17, 15) is 10.1 Å². The molecule has 35 heavy (non-hydrogen) atoms. The summed E-state index contributed by atoms with van der Waals surface area (Å²) in [5.74, 6) is 2.09. The van der Waals surface area contributed by atoms with Crippen molar-refractivity contribution >= 4 is 17.4 Å². The van der Waals surface area contributed by atoms with Crippen LogP contribution in [0.25, 0.3) is 11.1 Å². The Balaban J connectivity index is 1.36. The molecule has 3 aromatic carbocycles. The molecule has 0 saturated heterocycles. The van der Waals surface area contributed by atoms with E-state index in [2.05, 4.69) is 21.4 Å². The zero-order valence-electron chi connectivity index (χ0n) is 18.6. The van der Waals surface area contributed by atoms with E-state index in [1.54, 1.807) is 24.3 Å². The number of hydrogen-bond donors (Lipinski definition) is 2. The Hall–Kier alpha value is -4.90. The van der Waals surface area contributed by atoms with Crippen LogP contribution in [0.15, 0.2) is 85.2 Å². The molecule has 0 bridgehead atoms. The summed E-state index contributed by atoms with van der Waals surface area (Å²) in [7, 11) is 0. The number of aromatic nitrogens is 2. The number of carbonyl (C=O) groups is 1. The van der Waals surface area contributed by atoms with E-state index in [0.29, 0.717) is 35.6 Å². The van der Waals surface area contributed by atoms with Crippen LogP contribution >= 0.6 is 0 Å². The van der Waals surface area contributed by atoms with Gasteiger partial charge in [0.1, 0.15) is 34.8 Å². The van der Waals surface area contributed by atoms with Crippen LogP contribution < -0.4 is 20.5 Å². The van der Waals surface area contributed by atoms with Crippen molar-refractivity contribution < 1.29 is 14.3 Å². The van der Waals surface area contributed by atoms with Crippen molar-refractivity contribution in [1.82, 2.24) is 9.97 Å². The Morgan fingerprint density at radius 1 is 0.914 bits per heavy atom. The molecule has 0 aliphatic heterocycles. The second-order valence-corrected chi connectivity index (χ2v) is 8.16. The number of anilines is 2. The largest absolute Gasteiger partial charge is 0.457 e. The molecule has 8 nitrogen and oxygen atoms in total. The maximum absolute atomic E-state index is 12.4. The van der Waals surface area contributed by atoms with Crippen LogP contribution in [0.4, 0.5) is 11.5 Å². The standard InChI is InChI=1S/C27H21N5O3/c28-16-27(13-14-27)26(33)32-19-5-4-8-22(15-19)35-25-23(24(29)30-17-31-25)18-9-11-21(12-10-18)34-20-6-2-1-3-7-20/h1-12,15,17H,13-14H2,(H,32,33)(H2,29,30,31). The molecule has 172 valence electrons. The molecule has 3 N–H and O–H groups in total. The maximum atomic E-state index is 12.4. The lowest BCUT2D eigenvalue weighted by molar-refractivity contribution is -0.119.